The number of fused-ring (bicyclic) bond motifs is 1. The van der Waals surface area contributed by atoms with Crippen molar-refractivity contribution >= 4 is 18.0 Å². The highest BCUT2D eigenvalue weighted by Crippen LogP contribution is 2.26. The Labute approximate surface area is 169 Å². The average molecular weight is 396 g/mol. The fraction of sp³-hybridized carbons (Fsp3) is 0.318. The number of rotatable bonds is 7. The monoisotopic (exact) mass is 396 g/mol. The van der Waals surface area contributed by atoms with Crippen molar-refractivity contribution < 1.29 is 23.9 Å². The number of ether oxygens (including phenoxy) is 2. The second-order valence-electron chi connectivity index (χ2n) is 6.90. The van der Waals surface area contributed by atoms with E-state index in [9.17, 15) is 14.4 Å². The zero-order valence-corrected chi connectivity index (χ0v) is 16.2. The molecule has 3 rings (SSSR count). The molecule has 1 aliphatic carbocycles. The van der Waals surface area contributed by atoms with Crippen LogP contribution in [-0.2, 0) is 38.5 Å². The Balaban J connectivity index is 1.49. The van der Waals surface area contributed by atoms with E-state index in [0.29, 0.717) is 12.8 Å². The first-order valence-electron chi connectivity index (χ1n) is 9.46. The van der Waals surface area contributed by atoms with Gasteiger partial charge in [-0.05, 0) is 29.5 Å². The minimum absolute atomic E-state index is 0.0706. The van der Waals surface area contributed by atoms with Crippen LogP contribution in [-0.4, -0.2) is 37.7 Å². The first-order chi connectivity index (χ1) is 14.1. The van der Waals surface area contributed by atoms with E-state index in [1.165, 1.54) is 18.2 Å². The highest BCUT2D eigenvalue weighted by Gasteiger charge is 2.29. The second-order valence-corrected chi connectivity index (χ2v) is 6.90. The van der Waals surface area contributed by atoms with Gasteiger partial charge in [-0.3, -0.25) is 4.79 Å². The van der Waals surface area contributed by atoms with Gasteiger partial charge in [0.1, 0.15) is 12.6 Å². The van der Waals surface area contributed by atoms with E-state index in [4.69, 9.17) is 9.47 Å². The minimum Gasteiger partial charge on any atom is -0.467 e. The maximum atomic E-state index is 12.5. The Kier molecular flexibility index (Phi) is 6.84. The predicted molar refractivity (Wildman–Crippen MR) is 106 cm³/mol. The summed E-state index contributed by atoms with van der Waals surface area (Å²) < 4.78 is 9.86. The summed E-state index contributed by atoms with van der Waals surface area (Å²) in [6, 6.07) is 16.1. The molecule has 2 N–H and O–H groups in total. The van der Waals surface area contributed by atoms with Crippen LogP contribution >= 0.6 is 0 Å². The Morgan fingerprint density at radius 2 is 1.62 bits per heavy atom. The van der Waals surface area contributed by atoms with Gasteiger partial charge in [-0.1, -0.05) is 54.6 Å². The van der Waals surface area contributed by atoms with Gasteiger partial charge in [0.2, 0.25) is 5.91 Å². The molecule has 29 heavy (non-hydrogen) atoms. The molecule has 0 aliphatic heterocycles. The number of carbonyl (C=O) groups excluding carboxylic acids is 3. The number of esters is 1. The van der Waals surface area contributed by atoms with Crippen LogP contribution in [0.5, 0.6) is 0 Å². The van der Waals surface area contributed by atoms with Crippen LogP contribution in [0.2, 0.25) is 0 Å². The van der Waals surface area contributed by atoms with Crippen LogP contribution in [0, 0.1) is 5.92 Å². The summed E-state index contributed by atoms with van der Waals surface area (Å²) in [5.41, 5.74) is 3.16. The Morgan fingerprint density at radius 3 is 2.24 bits per heavy atom. The summed E-state index contributed by atoms with van der Waals surface area (Å²) in [6.07, 6.45) is 0.571. The third-order valence-electron chi connectivity index (χ3n) is 4.89. The molecule has 152 valence electrons. The van der Waals surface area contributed by atoms with Gasteiger partial charge in [0.15, 0.2) is 0 Å². The van der Waals surface area contributed by atoms with Gasteiger partial charge in [-0.2, -0.15) is 0 Å². The van der Waals surface area contributed by atoms with Gasteiger partial charge in [-0.25, -0.2) is 9.59 Å². The van der Waals surface area contributed by atoms with E-state index in [1.807, 2.05) is 54.6 Å². The van der Waals surface area contributed by atoms with E-state index >= 15 is 0 Å². The molecule has 7 heteroatoms. The zero-order valence-electron chi connectivity index (χ0n) is 16.2. The molecule has 0 heterocycles. The van der Waals surface area contributed by atoms with Crippen molar-refractivity contribution in [3.05, 3.63) is 71.3 Å². The van der Waals surface area contributed by atoms with Crippen LogP contribution < -0.4 is 10.6 Å². The molecule has 0 saturated heterocycles. The van der Waals surface area contributed by atoms with Gasteiger partial charge in [0.25, 0.3) is 0 Å². The van der Waals surface area contributed by atoms with Crippen molar-refractivity contribution in [2.75, 3.05) is 13.7 Å². The third-order valence-corrected chi connectivity index (χ3v) is 4.89. The lowest BCUT2D eigenvalue weighted by atomic mass is 10.1. The smallest absolute Gasteiger partial charge is 0.408 e. The molecule has 0 radical (unpaired) electrons. The predicted octanol–water partition coefficient (Wildman–Crippen LogP) is 1.99. The highest BCUT2D eigenvalue weighted by molar-refractivity contribution is 5.84. The van der Waals surface area contributed by atoms with Crippen LogP contribution in [0.1, 0.15) is 16.7 Å². The number of alkyl carbamates (subject to hydrolysis) is 1. The first kappa shape index (κ1) is 20.4. The number of methoxy groups -OCH3 is 1. The highest BCUT2D eigenvalue weighted by atomic mass is 16.6. The summed E-state index contributed by atoms with van der Waals surface area (Å²) in [5, 5.41) is 5.19. The largest absolute Gasteiger partial charge is 0.467 e. The van der Waals surface area contributed by atoms with Crippen molar-refractivity contribution in [1.82, 2.24) is 10.6 Å². The van der Waals surface area contributed by atoms with Crippen molar-refractivity contribution in [3.63, 3.8) is 0 Å². The molecule has 2 amide bonds. The normalized spacial score (nSPS) is 13.8. The van der Waals surface area contributed by atoms with Crippen molar-refractivity contribution in [3.8, 4) is 0 Å². The van der Waals surface area contributed by atoms with Gasteiger partial charge < -0.3 is 20.1 Å². The number of nitrogens with one attached hydrogen (secondary N) is 2. The summed E-state index contributed by atoms with van der Waals surface area (Å²) in [5.74, 6) is -0.998. The quantitative estimate of drug-likeness (QED) is 0.698. The van der Waals surface area contributed by atoms with Crippen LogP contribution in [0.3, 0.4) is 0 Å². The summed E-state index contributed by atoms with van der Waals surface area (Å²) in [4.78, 5) is 36.6. The number of hydrogen-bond acceptors (Lipinski definition) is 5. The van der Waals surface area contributed by atoms with Crippen LogP contribution in [0.25, 0.3) is 0 Å². The zero-order chi connectivity index (χ0) is 20.6. The summed E-state index contributed by atoms with van der Waals surface area (Å²) >= 11 is 0. The topological polar surface area (TPSA) is 93.7 Å². The van der Waals surface area contributed by atoms with E-state index in [1.54, 1.807) is 0 Å². The van der Waals surface area contributed by atoms with E-state index < -0.39 is 18.1 Å². The molecule has 7 nitrogen and oxygen atoms in total. The number of carbonyl (C=O) groups is 3. The molecule has 0 spiro atoms. The molecular formula is C22H24N2O5. The lowest BCUT2D eigenvalue weighted by Crippen LogP contribution is -2.50. The average Bonchev–Trinajstić information content (AvgIpc) is 3.19. The fourth-order valence-electron chi connectivity index (χ4n) is 3.33. The van der Waals surface area contributed by atoms with Crippen LogP contribution in [0.15, 0.2) is 54.6 Å². The standard InChI is InChI=1S/C22H24N2O5/c1-28-21(26)19(24-22(27)29-14-15-7-3-2-4-8-15)13-23-20(25)18-11-16-9-5-6-10-17(16)12-18/h2-10,18-19H,11-14H2,1H3,(H,23,25)(H,24,27). The Morgan fingerprint density at radius 1 is 1.00 bits per heavy atom. The minimum atomic E-state index is -1.03. The summed E-state index contributed by atoms with van der Waals surface area (Å²) in [7, 11) is 1.22. The fourth-order valence-corrected chi connectivity index (χ4v) is 3.33. The van der Waals surface area contributed by atoms with Gasteiger partial charge >= 0.3 is 12.1 Å². The maximum absolute atomic E-state index is 12.5. The third kappa shape index (κ3) is 5.57. The molecule has 2 aromatic rings. The van der Waals surface area contributed by atoms with E-state index in [-0.39, 0.29) is 25.0 Å². The van der Waals surface area contributed by atoms with E-state index in [2.05, 4.69) is 10.6 Å². The van der Waals surface area contributed by atoms with Gasteiger partial charge in [0.05, 0.1) is 7.11 Å². The molecule has 1 atom stereocenters. The maximum Gasteiger partial charge on any atom is 0.408 e. The lowest BCUT2D eigenvalue weighted by Gasteiger charge is -2.18. The van der Waals surface area contributed by atoms with E-state index in [0.717, 1.165) is 5.56 Å². The summed E-state index contributed by atoms with van der Waals surface area (Å²) in [6.45, 7) is 0.00600. The Bertz CT molecular complexity index is 844. The number of amides is 2. The number of benzene rings is 2. The molecule has 2 aromatic carbocycles. The molecule has 0 bridgehead atoms. The molecule has 0 fully saturated rings. The molecule has 0 saturated carbocycles. The van der Waals surface area contributed by atoms with Crippen molar-refractivity contribution in [2.24, 2.45) is 5.92 Å². The molecular weight excluding hydrogens is 372 g/mol. The molecule has 0 aromatic heterocycles. The number of hydrogen-bond donors (Lipinski definition) is 2. The van der Waals surface area contributed by atoms with Gasteiger partial charge in [-0.15, -0.1) is 0 Å². The van der Waals surface area contributed by atoms with Crippen molar-refractivity contribution in [2.45, 2.75) is 25.5 Å². The van der Waals surface area contributed by atoms with Crippen molar-refractivity contribution in [1.29, 1.82) is 0 Å². The lowest BCUT2D eigenvalue weighted by molar-refractivity contribution is -0.143. The first-order valence-corrected chi connectivity index (χ1v) is 9.46. The SMILES string of the molecule is COC(=O)C(CNC(=O)C1Cc2ccccc2C1)NC(=O)OCc1ccccc1. The molecule has 1 aliphatic rings. The van der Waals surface area contributed by atoms with Gasteiger partial charge in [0, 0.05) is 12.5 Å². The second kappa shape index (κ2) is 9.73. The van der Waals surface area contributed by atoms with Crippen LogP contribution in [0.4, 0.5) is 4.79 Å². The Hall–Kier alpha value is -3.35. The molecule has 1 unspecified atom stereocenters.